The Morgan fingerprint density at radius 2 is 2.17 bits per heavy atom. The van der Waals surface area contributed by atoms with Gasteiger partial charge in [-0.2, -0.15) is 0 Å². The highest BCUT2D eigenvalue weighted by Gasteiger charge is 2.21. The van der Waals surface area contributed by atoms with E-state index in [9.17, 15) is 4.79 Å². The zero-order valence-corrected chi connectivity index (χ0v) is 10.4. The number of rotatable bonds is 4. The highest BCUT2D eigenvalue weighted by Crippen LogP contribution is 2.21. The number of benzene rings is 1. The van der Waals surface area contributed by atoms with Gasteiger partial charge in [-0.3, -0.25) is 4.79 Å². The summed E-state index contributed by atoms with van der Waals surface area (Å²) in [6.45, 7) is 1.98. The maximum atomic E-state index is 11.6. The average molecular weight is 244 g/mol. The minimum Gasteiger partial charge on any atom is -0.369 e. The van der Waals surface area contributed by atoms with E-state index >= 15 is 0 Å². The number of hydrogen-bond donors (Lipinski definition) is 2. The van der Waals surface area contributed by atoms with E-state index in [1.54, 1.807) is 17.1 Å². The summed E-state index contributed by atoms with van der Waals surface area (Å²) >= 11 is 0. The number of para-hydroxylation sites is 1. The summed E-state index contributed by atoms with van der Waals surface area (Å²) in [4.78, 5) is 15.6. The Morgan fingerprint density at radius 1 is 1.44 bits per heavy atom. The van der Waals surface area contributed by atoms with Crippen LogP contribution in [0.25, 0.3) is 0 Å². The van der Waals surface area contributed by atoms with Crippen molar-refractivity contribution >= 4 is 11.6 Å². The molecule has 2 rings (SSSR count). The van der Waals surface area contributed by atoms with Gasteiger partial charge < -0.3 is 15.6 Å². The van der Waals surface area contributed by atoms with Crippen LogP contribution in [-0.2, 0) is 11.8 Å². The molecule has 0 aliphatic rings. The SMILES string of the molecule is Cc1ccccc1NC(C(N)=O)c1cncn1C. The molecule has 1 atom stereocenters. The zero-order valence-electron chi connectivity index (χ0n) is 10.4. The molecule has 0 saturated carbocycles. The van der Waals surface area contributed by atoms with E-state index < -0.39 is 11.9 Å². The molecule has 1 unspecified atom stereocenters. The first-order valence-corrected chi connectivity index (χ1v) is 5.67. The highest BCUT2D eigenvalue weighted by molar-refractivity contribution is 5.84. The number of carbonyl (C=O) groups excluding carboxylic acids is 1. The van der Waals surface area contributed by atoms with Gasteiger partial charge in [-0.05, 0) is 18.6 Å². The van der Waals surface area contributed by atoms with Gasteiger partial charge in [-0.1, -0.05) is 18.2 Å². The number of aromatic nitrogens is 2. The Labute approximate surface area is 106 Å². The second-order valence-corrected chi connectivity index (χ2v) is 4.22. The van der Waals surface area contributed by atoms with Crippen LogP contribution in [0.15, 0.2) is 36.8 Å². The maximum Gasteiger partial charge on any atom is 0.246 e. The fourth-order valence-electron chi connectivity index (χ4n) is 1.83. The summed E-state index contributed by atoms with van der Waals surface area (Å²) in [7, 11) is 1.83. The number of nitrogens with two attached hydrogens (primary N) is 1. The third-order valence-corrected chi connectivity index (χ3v) is 2.88. The molecule has 5 nitrogen and oxygen atoms in total. The number of carbonyl (C=O) groups is 1. The Hall–Kier alpha value is -2.30. The number of amides is 1. The average Bonchev–Trinajstić information content (AvgIpc) is 2.74. The summed E-state index contributed by atoms with van der Waals surface area (Å²) in [6, 6.07) is 7.17. The Bertz CT molecular complexity index is 562. The second kappa shape index (κ2) is 4.91. The van der Waals surface area contributed by atoms with Crippen LogP contribution >= 0.6 is 0 Å². The first-order chi connectivity index (χ1) is 8.59. The summed E-state index contributed by atoms with van der Waals surface area (Å²) in [5.74, 6) is -0.429. The first-order valence-electron chi connectivity index (χ1n) is 5.67. The van der Waals surface area contributed by atoms with E-state index in [0.29, 0.717) is 0 Å². The summed E-state index contributed by atoms with van der Waals surface area (Å²) < 4.78 is 1.78. The van der Waals surface area contributed by atoms with Crippen molar-refractivity contribution in [1.29, 1.82) is 0 Å². The summed E-state index contributed by atoms with van der Waals surface area (Å²) in [5, 5.41) is 3.15. The van der Waals surface area contributed by atoms with Crippen LogP contribution in [0.4, 0.5) is 5.69 Å². The molecule has 1 amide bonds. The van der Waals surface area contributed by atoms with Gasteiger partial charge in [0.05, 0.1) is 18.2 Å². The largest absolute Gasteiger partial charge is 0.369 e. The molecule has 5 heteroatoms. The van der Waals surface area contributed by atoms with Crippen LogP contribution in [0.5, 0.6) is 0 Å². The molecule has 2 aromatic rings. The van der Waals surface area contributed by atoms with Crippen LogP contribution in [0, 0.1) is 6.92 Å². The maximum absolute atomic E-state index is 11.6. The van der Waals surface area contributed by atoms with Gasteiger partial charge in [-0.25, -0.2) is 4.98 Å². The van der Waals surface area contributed by atoms with Crippen molar-refractivity contribution in [3.63, 3.8) is 0 Å². The number of hydrogen-bond acceptors (Lipinski definition) is 3. The normalized spacial score (nSPS) is 12.1. The van der Waals surface area contributed by atoms with E-state index in [-0.39, 0.29) is 0 Å². The van der Waals surface area contributed by atoms with Crippen molar-refractivity contribution in [3.8, 4) is 0 Å². The number of nitrogens with one attached hydrogen (secondary N) is 1. The van der Waals surface area contributed by atoms with Crippen LogP contribution in [0.2, 0.25) is 0 Å². The molecule has 94 valence electrons. The van der Waals surface area contributed by atoms with Crippen molar-refractivity contribution in [1.82, 2.24) is 9.55 Å². The predicted octanol–water partition coefficient (Wildman–Crippen LogP) is 1.37. The lowest BCUT2D eigenvalue weighted by atomic mass is 10.1. The van der Waals surface area contributed by atoms with Crippen molar-refractivity contribution in [3.05, 3.63) is 48.0 Å². The molecule has 18 heavy (non-hydrogen) atoms. The fraction of sp³-hybridized carbons (Fsp3) is 0.231. The van der Waals surface area contributed by atoms with Crippen molar-refractivity contribution < 1.29 is 4.79 Å². The number of imidazole rings is 1. The van der Waals surface area contributed by atoms with Gasteiger partial charge in [0.1, 0.15) is 6.04 Å². The molecule has 1 aromatic carbocycles. The van der Waals surface area contributed by atoms with Crippen molar-refractivity contribution in [2.45, 2.75) is 13.0 Å². The molecular weight excluding hydrogens is 228 g/mol. The van der Waals surface area contributed by atoms with Crippen LogP contribution in [0.3, 0.4) is 0 Å². The quantitative estimate of drug-likeness (QED) is 0.853. The van der Waals surface area contributed by atoms with Crippen LogP contribution in [0.1, 0.15) is 17.3 Å². The van der Waals surface area contributed by atoms with Gasteiger partial charge >= 0.3 is 0 Å². The Morgan fingerprint density at radius 3 is 2.72 bits per heavy atom. The first kappa shape index (κ1) is 12.2. The molecule has 0 aliphatic carbocycles. The predicted molar refractivity (Wildman–Crippen MR) is 69.9 cm³/mol. The second-order valence-electron chi connectivity index (χ2n) is 4.22. The Kier molecular flexibility index (Phi) is 3.32. The zero-order chi connectivity index (χ0) is 13.1. The third kappa shape index (κ3) is 2.34. The molecule has 0 bridgehead atoms. The lowest BCUT2D eigenvalue weighted by Gasteiger charge is -2.18. The highest BCUT2D eigenvalue weighted by atomic mass is 16.1. The van der Waals surface area contributed by atoms with Crippen LogP contribution in [-0.4, -0.2) is 15.5 Å². The van der Waals surface area contributed by atoms with Gasteiger partial charge in [0.15, 0.2) is 0 Å². The minimum atomic E-state index is -0.585. The summed E-state index contributed by atoms with van der Waals surface area (Å²) in [6.07, 6.45) is 3.28. The van der Waals surface area contributed by atoms with E-state index in [1.165, 1.54) is 0 Å². The minimum absolute atomic E-state index is 0.429. The standard InChI is InChI=1S/C13H16N4O/c1-9-5-3-4-6-10(9)16-12(13(14)18)11-7-15-8-17(11)2/h3-8,12,16H,1-2H3,(H2,14,18). The molecule has 3 N–H and O–H groups in total. The molecule has 1 aromatic heterocycles. The van der Waals surface area contributed by atoms with Gasteiger partial charge in [-0.15, -0.1) is 0 Å². The topological polar surface area (TPSA) is 72.9 Å². The molecule has 0 aliphatic heterocycles. The van der Waals surface area contributed by atoms with Crippen molar-refractivity contribution in [2.75, 3.05) is 5.32 Å². The smallest absolute Gasteiger partial charge is 0.246 e. The molecule has 0 radical (unpaired) electrons. The molecular formula is C13H16N4O. The number of nitrogens with zero attached hydrogens (tertiary/aromatic N) is 2. The molecule has 0 saturated heterocycles. The van der Waals surface area contributed by atoms with E-state index in [2.05, 4.69) is 10.3 Å². The molecule has 0 fully saturated rings. The fourth-order valence-corrected chi connectivity index (χ4v) is 1.83. The van der Waals surface area contributed by atoms with Gasteiger partial charge in [0.2, 0.25) is 5.91 Å². The molecule has 1 heterocycles. The third-order valence-electron chi connectivity index (χ3n) is 2.88. The van der Waals surface area contributed by atoms with Gasteiger partial charge in [0.25, 0.3) is 0 Å². The van der Waals surface area contributed by atoms with Crippen LogP contribution < -0.4 is 11.1 Å². The summed E-state index contributed by atoms with van der Waals surface area (Å²) in [5.41, 5.74) is 8.15. The van der Waals surface area contributed by atoms with E-state index in [1.807, 2.05) is 38.2 Å². The van der Waals surface area contributed by atoms with Crippen molar-refractivity contribution in [2.24, 2.45) is 12.8 Å². The Balaban J connectivity index is 2.31. The van der Waals surface area contributed by atoms with E-state index in [0.717, 1.165) is 16.9 Å². The monoisotopic (exact) mass is 244 g/mol. The lowest BCUT2D eigenvalue weighted by molar-refractivity contribution is -0.118. The van der Waals surface area contributed by atoms with Gasteiger partial charge in [0, 0.05) is 12.7 Å². The number of primary amides is 1. The lowest BCUT2D eigenvalue weighted by Crippen LogP contribution is -2.29. The molecule has 0 spiro atoms. The number of anilines is 1. The number of aryl methyl sites for hydroxylation is 2. The van der Waals surface area contributed by atoms with E-state index in [4.69, 9.17) is 5.73 Å².